The normalized spacial score (nSPS) is 20.5. The monoisotopic (exact) mass is 199 g/mol. The Kier molecular flexibility index (Phi) is 3.96. The molecule has 14 heavy (non-hydrogen) atoms. The van der Waals surface area contributed by atoms with Gasteiger partial charge in [0.15, 0.2) is 5.79 Å². The molecule has 0 atom stereocenters. The van der Waals surface area contributed by atoms with Crippen molar-refractivity contribution < 1.29 is 9.47 Å². The molecule has 0 fully saturated rings. The number of hydrogen-bond donors (Lipinski definition) is 0. The van der Waals surface area contributed by atoms with Crippen molar-refractivity contribution in [3.63, 3.8) is 0 Å². The minimum absolute atomic E-state index is 0.493. The van der Waals surface area contributed by atoms with E-state index >= 15 is 0 Å². The van der Waals surface area contributed by atoms with Crippen LogP contribution < -0.4 is 0 Å². The molecule has 3 nitrogen and oxygen atoms in total. The van der Waals surface area contributed by atoms with Crippen LogP contribution in [0.1, 0.15) is 20.3 Å². The molecule has 1 aliphatic rings. The smallest absolute Gasteiger partial charge is 0.190 e. The van der Waals surface area contributed by atoms with Crippen LogP contribution in [-0.4, -0.2) is 38.0 Å². The van der Waals surface area contributed by atoms with Crippen LogP contribution in [0.25, 0.3) is 0 Å². The molecule has 1 aliphatic heterocycles. The molecule has 0 bridgehead atoms. The van der Waals surface area contributed by atoms with Gasteiger partial charge in [0.25, 0.3) is 0 Å². The molecule has 0 amide bonds. The van der Waals surface area contributed by atoms with Crippen LogP contribution >= 0.6 is 0 Å². The van der Waals surface area contributed by atoms with Crippen molar-refractivity contribution >= 4 is 0 Å². The molecule has 0 unspecified atom stereocenters. The zero-order chi connectivity index (χ0) is 10.6. The Balaban J connectivity index is 2.53. The highest BCUT2D eigenvalue weighted by Gasteiger charge is 2.29. The van der Waals surface area contributed by atoms with E-state index in [4.69, 9.17) is 9.47 Å². The van der Waals surface area contributed by atoms with Crippen molar-refractivity contribution in [2.75, 3.05) is 27.3 Å². The van der Waals surface area contributed by atoms with Crippen LogP contribution in [0.3, 0.4) is 0 Å². The molecular weight excluding hydrogens is 178 g/mol. The molecule has 3 heteroatoms. The van der Waals surface area contributed by atoms with E-state index in [0.29, 0.717) is 5.92 Å². The average molecular weight is 199 g/mol. The van der Waals surface area contributed by atoms with Crippen molar-refractivity contribution in [1.82, 2.24) is 4.90 Å². The van der Waals surface area contributed by atoms with Crippen molar-refractivity contribution in [3.05, 3.63) is 12.3 Å². The minimum Gasteiger partial charge on any atom is -0.377 e. The van der Waals surface area contributed by atoms with Gasteiger partial charge in [-0.1, -0.05) is 13.8 Å². The van der Waals surface area contributed by atoms with Crippen LogP contribution in [0.5, 0.6) is 0 Å². The van der Waals surface area contributed by atoms with Crippen LogP contribution in [0.15, 0.2) is 12.3 Å². The van der Waals surface area contributed by atoms with Gasteiger partial charge in [-0.15, -0.1) is 0 Å². The number of rotatable bonds is 4. The molecule has 0 saturated heterocycles. The van der Waals surface area contributed by atoms with Crippen LogP contribution in [0.2, 0.25) is 0 Å². The summed E-state index contributed by atoms with van der Waals surface area (Å²) in [5.74, 6) is 0.199. The molecule has 0 N–H and O–H groups in total. The second-order valence-corrected chi connectivity index (χ2v) is 4.17. The summed E-state index contributed by atoms with van der Waals surface area (Å²) >= 11 is 0. The Morgan fingerprint density at radius 3 is 2.36 bits per heavy atom. The fraction of sp³-hybridized carbons (Fsp3) is 0.818. The zero-order valence-electron chi connectivity index (χ0n) is 9.62. The predicted molar refractivity (Wildman–Crippen MR) is 56.9 cm³/mol. The molecule has 0 radical (unpaired) electrons. The van der Waals surface area contributed by atoms with Gasteiger partial charge >= 0.3 is 0 Å². The van der Waals surface area contributed by atoms with Crippen molar-refractivity contribution in [3.8, 4) is 0 Å². The number of ether oxygens (including phenoxy) is 2. The summed E-state index contributed by atoms with van der Waals surface area (Å²) < 4.78 is 10.7. The van der Waals surface area contributed by atoms with Gasteiger partial charge in [0.1, 0.15) is 0 Å². The molecule has 0 aromatic heterocycles. The van der Waals surface area contributed by atoms with E-state index in [1.807, 2.05) is 6.08 Å². The Morgan fingerprint density at radius 2 is 2.00 bits per heavy atom. The SMILES string of the molecule is COC1(OC)C=CN(CC(C)C)CC1. The van der Waals surface area contributed by atoms with Gasteiger partial charge in [0.05, 0.1) is 0 Å². The molecule has 1 rings (SSSR count). The highest BCUT2D eigenvalue weighted by Crippen LogP contribution is 2.23. The highest BCUT2D eigenvalue weighted by molar-refractivity contribution is 5.01. The second kappa shape index (κ2) is 4.80. The van der Waals surface area contributed by atoms with Gasteiger partial charge in [-0.3, -0.25) is 0 Å². The molecule has 0 aromatic carbocycles. The first-order chi connectivity index (χ1) is 6.62. The largest absolute Gasteiger partial charge is 0.377 e. The standard InChI is InChI=1S/C11H21NO2/c1-10(2)9-12-7-5-11(13-3,14-4)6-8-12/h5,7,10H,6,8-9H2,1-4H3. The maximum atomic E-state index is 5.35. The summed E-state index contributed by atoms with van der Waals surface area (Å²) in [6, 6.07) is 0. The molecule has 0 spiro atoms. The van der Waals surface area contributed by atoms with Gasteiger partial charge in [-0.05, 0) is 12.0 Å². The van der Waals surface area contributed by atoms with Gasteiger partial charge in [0, 0.05) is 39.9 Å². The first kappa shape index (κ1) is 11.5. The van der Waals surface area contributed by atoms with Gasteiger partial charge in [-0.25, -0.2) is 0 Å². The summed E-state index contributed by atoms with van der Waals surface area (Å²) in [7, 11) is 3.37. The summed E-state index contributed by atoms with van der Waals surface area (Å²) in [6.45, 7) is 6.54. The van der Waals surface area contributed by atoms with E-state index in [-0.39, 0.29) is 0 Å². The topological polar surface area (TPSA) is 21.7 Å². The first-order valence-electron chi connectivity index (χ1n) is 5.15. The van der Waals surface area contributed by atoms with Crippen molar-refractivity contribution in [2.45, 2.75) is 26.1 Å². The van der Waals surface area contributed by atoms with Crippen LogP contribution in [-0.2, 0) is 9.47 Å². The molecule has 82 valence electrons. The van der Waals surface area contributed by atoms with E-state index < -0.39 is 5.79 Å². The molecule has 0 aliphatic carbocycles. The lowest BCUT2D eigenvalue weighted by Gasteiger charge is -2.35. The fourth-order valence-electron chi connectivity index (χ4n) is 1.72. The molecular formula is C11H21NO2. The number of hydrogen-bond acceptors (Lipinski definition) is 3. The van der Waals surface area contributed by atoms with E-state index in [0.717, 1.165) is 19.5 Å². The van der Waals surface area contributed by atoms with Crippen molar-refractivity contribution in [2.24, 2.45) is 5.92 Å². The third kappa shape index (κ3) is 2.72. The third-order valence-corrected chi connectivity index (χ3v) is 2.58. The molecule has 0 saturated carbocycles. The van der Waals surface area contributed by atoms with Gasteiger partial charge in [-0.2, -0.15) is 0 Å². The van der Waals surface area contributed by atoms with Crippen LogP contribution in [0, 0.1) is 5.92 Å². The lowest BCUT2D eigenvalue weighted by atomic mass is 10.1. The maximum Gasteiger partial charge on any atom is 0.190 e. The summed E-state index contributed by atoms with van der Waals surface area (Å²) in [6.07, 6.45) is 4.97. The summed E-state index contributed by atoms with van der Waals surface area (Å²) in [5.41, 5.74) is 0. The lowest BCUT2D eigenvalue weighted by Crippen LogP contribution is -2.40. The van der Waals surface area contributed by atoms with Gasteiger partial charge < -0.3 is 14.4 Å². The second-order valence-electron chi connectivity index (χ2n) is 4.17. The average Bonchev–Trinajstić information content (AvgIpc) is 2.19. The predicted octanol–water partition coefficient (Wildman–Crippen LogP) is 1.85. The van der Waals surface area contributed by atoms with E-state index in [2.05, 4.69) is 24.9 Å². The maximum absolute atomic E-state index is 5.35. The fourth-order valence-corrected chi connectivity index (χ4v) is 1.72. The Bertz CT molecular complexity index is 197. The Hall–Kier alpha value is -0.540. The van der Waals surface area contributed by atoms with Crippen LogP contribution in [0.4, 0.5) is 0 Å². The molecule has 1 heterocycles. The number of nitrogens with zero attached hydrogens (tertiary/aromatic N) is 1. The Labute approximate surface area is 86.7 Å². The Morgan fingerprint density at radius 1 is 1.36 bits per heavy atom. The molecule has 0 aromatic rings. The quantitative estimate of drug-likeness (QED) is 0.645. The minimum atomic E-state index is -0.493. The van der Waals surface area contributed by atoms with E-state index in [9.17, 15) is 0 Å². The first-order valence-corrected chi connectivity index (χ1v) is 5.15. The van der Waals surface area contributed by atoms with Gasteiger partial charge in [0.2, 0.25) is 0 Å². The zero-order valence-corrected chi connectivity index (χ0v) is 9.62. The highest BCUT2D eigenvalue weighted by atomic mass is 16.7. The van der Waals surface area contributed by atoms with Crippen molar-refractivity contribution in [1.29, 1.82) is 0 Å². The lowest BCUT2D eigenvalue weighted by molar-refractivity contribution is -0.180. The van der Waals surface area contributed by atoms with E-state index in [1.54, 1.807) is 14.2 Å². The summed E-state index contributed by atoms with van der Waals surface area (Å²) in [5, 5.41) is 0. The number of methoxy groups -OCH3 is 2. The third-order valence-electron chi connectivity index (χ3n) is 2.58. The van der Waals surface area contributed by atoms with E-state index in [1.165, 1.54) is 0 Å². The summed E-state index contributed by atoms with van der Waals surface area (Å²) in [4.78, 5) is 2.31.